The molecule has 0 saturated carbocycles. The van der Waals surface area contributed by atoms with Gasteiger partial charge in [-0.1, -0.05) is 13.8 Å². The first-order chi connectivity index (χ1) is 12.5. The fourth-order valence-electron chi connectivity index (χ4n) is 2.83. The number of carbonyl (C=O) groups excluding carboxylic acids is 1. The van der Waals surface area contributed by atoms with Gasteiger partial charge < -0.3 is 15.1 Å². The number of halogens is 1. The van der Waals surface area contributed by atoms with Gasteiger partial charge in [0.1, 0.15) is 17.3 Å². The van der Waals surface area contributed by atoms with E-state index in [4.69, 9.17) is 0 Å². The highest BCUT2D eigenvalue weighted by molar-refractivity contribution is 5.92. The molecule has 1 fully saturated rings. The van der Waals surface area contributed by atoms with E-state index in [1.165, 1.54) is 18.3 Å². The number of hydrogen-bond donors (Lipinski definition) is 1. The Morgan fingerprint density at radius 2 is 1.73 bits per heavy atom. The average molecular weight is 357 g/mol. The Morgan fingerprint density at radius 3 is 2.31 bits per heavy atom. The Kier molecular flexibility index (Phi) is 5.65. The summed E-state index contributed by atoms with van der Waals surface area (Å²) in [5.74, 6) is 0.742. The third-order valence-corrected chi connectivity index (χ3v) is 4.34. The molecule has 1 aromatic heterocycles. The van der Waals surface area contributed by atoms with Crippen LogP contribution in [0.15, 0.2) is 36.7 Å². The highest BCUT2D eigenvalue weighted by Crippen LogP contribution is 2.19. The minimum Gasteiger partial charge on any atom is -0.368 e. The number of amides is 1. The van der Waals surface area contributed by atoms with Crippen LogP contribution in [0.25, 0.3) is 0 Å². The molecule has 7 heteroatoms. The molecule has 0 unspecified atom stereocenters. The van der Waals surface area contributed by atoms with Crippen molar-refractivity contribution >= 4 is 17.4 Å². The fourth-order valence-corrected chi connectivity index (χ4v) is 2.83. The monoisotopic (exact) mass is 357 g/mol. The van der Waals surface area contributed by atoms with Crippen LogP contribution in [0.5, 0.6) is 0 Å². The predicted octanol–water partition coefficient (Wildman–Crippen LogP) is 2.33. The van der Waals surface area contributed by atoms with Crippen LogP contribution in [0.3, 0.4) is 0 Å². The first kappa shape index (κ1) is 18.1. The van der Waals surface area contributed by atoms with E-state index in [1.807, 2.05) is 13.8 Å². The number of hydrogen-bond acceptors (Lipinski definition) is 5. The minimum absolute atomic E-state index is 0.195. The van der Waals surface area contributed by atoms with Gasteiger partial charge in [0.2, 0.25) is 0 Å². The Labute approximate surface area is 153 Å². The molecule has 1 amide bonds. The standard InChI is InChI=1S/C19H24FN5O/c1-14(2)11-23-19(26)17-12-22-18(13-21-17)25-9-7-24(8-10-25)16-5-3-15(20)4-6-16/h3-6,12-14H,7-11H2,1-2H3,(H,23,26). The van der Waals surface area contributed by atoms with Gasteiger partial charge in [0.25, 0.3) is 5.91 Å². The number of nitrogens with one attached hydrogen (secondary N) is 1. The summed E-state index contributed by atoms with van der Waals surface area (Å²) in [5.41, 5.74) is 1.36. The number of nitrogens with zero attached hydrogens (tertiary/aromatic N) is 4. The topological polar surface area (TPSA) is 61.4 Å². The number of aromatic nitrogens is 2. The summed E-state index contributed by atoms with van der Waals surface area (Å²) in [5, 5.41) is 2.84. The van der Waals surface area contributed by atoms with E-state index < -0.39 is 0 Å². The molecular formula is C19H24FN5O. The van der Waals surface area contributed by atoms with E-state index in [1.54, 1.807) is 18.3 Å². The molecule has 138 valence electrons. The number of piperazine rings is 1. The summed E-state index contributed by atoms with van der Waals surface area (Å²) in [4.78, 5) is 25.0. The van der Waals surface area contributed by atoms with Crippen LogP contribution < -0.4 is 15.1 Å². The lowest BCUT2D eigenvalue weighted by Gasteiger charge is -2.36. The van der Waals surface area contributed by atoms with Crippen molar-refractivity contribution < 1.29 is 9.18 Å². The maximum Gasteiger partial charge on any atom is 0.271 e. The molecule has 0 radical (unpaired) electrons. The Balaban J connectivity index is 1.56. The summed E-state index contributed by atoms with van der Waals surface area (Å²) < 4.78 is 13.0. The summed E-state index contributed by atoms with van der Waals surface area (Å²) >= 11 is 0. The van der Waals surface area contributed by atoms with Gasteiger partial charge in [-0.05, 0) is 30.2 Å². The van der Waals surface area contributed by atoms with Crippen LogP contribution in [0.1, 0.15) is 24.3 Å². The number of rotatable bonds is 5. The zero-order valence-corrected chi connectivity index (χ0v) is 15.2. The van der Waals surface area contributed by atoms with Gasteiger partial charge in [0.15, 0.2) is 0 Å². The van der Waals surface area contributed by atoms with Gasteiger partial charge >= 0.3 is 0 Å². The number of benzene rings is 1. The Morgan fingerprint density at radius 1 is 1.08 bits per heavy atom. The maximum absolute atomic E-state index is 13.0. The summed E-state index contributed by atoms with van der Waals surface area (Å²) in [6, 6.07) is 6.57. The van der Waals surface area contributed by atoms with Crippen LogP contribution in [0.2, 0.25) is 0 Å². The third kappa shape index (κ3) is 4.47. The second kappa shape index (κ2) is 8.12. The third-order valence-electron chi connectivity index (χ3n) is 4.34. The largest absolute Gasteiger partial charge is 0.368 e. The van der Waals surface area contributed by atoms with E-state index in [0.29, 0.717) is 18.2 Å². The Bertz CT molecular complexity index is 725. The van der Waals surface area contributed by atoms with E-state index in [0.717, 1.165) is 37.7 Å². The lowest BCUT2D eigenvalue weighted by atomic mass is 10.2. The van der Waals surface area contributed by atoms with Gasteiger partial charge in [-0.15, -0.1) is 0 Å². The van der Waals surface area contributed by atoms with E-state index in [2.05, 4.69) is 25.1 Å². The quantitative estimate of drug-likeness (QED) is 0.890. The SMILES string of the molecule is CC(C)CNC(=O)c1cnc(N2CCN(c3ccc(F)cc3)CC2)cn1. The van der Waals surface area contributed by atoms with Crippen molar-refractivity contribution in [2.45, 2.75) is 13.8 Å². The van der Waals surface area contributed by atoms with Crippen LogP contribution in [0.4, 0.5) is 15.9 Å². The smallest absolute Gasteiger partial charge is 0.271 e. The molecule has 1 aliphatic rings. The lowest BCUT2D eigenvalue weighted by Crippen LogP contribution is -2.46. The summed E-state index contributed by atoms with van der Waals surface area (Å²) in [7, 11) is 0. The zero-order valence-electron chi connectivity index (χ0n) is 15.2. The van der Waals surface area contributed by atoms with Gasteiger partial charge in [-0.25, -0.2) is 14.4 Å². The molecule has 1 aliphatic heterocycles. The highest BCUT2D eigenvalue weighted by atomic mass is 19.1. The van der Waals surface area contributed by atoms with Crippen molar-refractivity contribution in [2.75, 3.05) is 42.5 Å². The average Bonchev–Trinajstić information content (AvgIpc) is 2.67. The van der Waals surface area contributed by atoms with Crippen molar-refractivity contribution in [3.63, 3.8) is 0 Å². The van der Waals surface area contributed by atoms with Crippen molar-refractivity contribution in [2.24, 2.45) is 5.92 Å². The van der Waals surface area contributed by atoms with Gasteiger partial charge in [0.05, 0.1) is 12.4 Å². The molecule has 2 aromatic rings. The number of anilines is 2. The first-order valence-corrected chi connectivity index (χ1v) is 8.88. The maximum atomic E-state index is 13.0. The molecule has 0 aliphatic carbocycles. The van der Waals surface area contributed by atoms with Gasteiger partial charge in [-0.3, -0.25) is 4.79 Å². The van der Waals surface area contributed by atoms with Gasteiger partial charge in [0, 0.05) is 38.4 Å². The first-order valence-electron chi connectivity index (χ1n) is 8.88. The molecule has 3 rings (SSSR count). The van der Waals surface area contributed by atoms with Crippen LogP contribution >= 0.6 is 0 Å². The molecule has 0 spiro atoms. The number of carbonyl (C=O) groups is 1. The Hall–Kier alpha value is -2.70. The van der Waals surface area contributed by atoms with Crippen LogP contribution in [-0.4, -0.2) is 48.6 Å². The second-order valence-corrected chi connectivity index (χ2v) is 6.81. The van der Waals surface area contributed by atoms with Crippen molar-refractivity contribution in [1.29, 1.82) is 0 Å². The minimum atomic E-state index is -0.222. The molecule has 0 atom stereocenters. The van der Waals surface area contributed by atoms with Crippen molar-refractivity contribution in [3.05, 3.63) is 48.2 Å². The summed E-state index contributed by atoms with van der Waals surface area (Å²) in [6.07, 6.45) is 3.18. The molecule has 1 N–H and O–H groups in total. The molecule has 1 saturated heterocycles. The molecule has 2 heterocycles. The van der Waals surface area contributed by atoms with Gasteiger partial charge in [-0.2, -0.15) is 0 Å². The van der Waals surface area contributed by atoms with Crippen molar-refractivity contribution in [3.8, 4) is 0 Å². The molecular weight excluding hydrogens is 333 g/mol. The highest BCUT2D eigenvalue weighted by Gasteiger charge is 2.19. The van der Waals surface area contributed by atoms with E-state index in [9.17, 15) is 9.18 Å². The molecule has 26 heavy (non-hydrogen) atoms. The molecule has 1 aromatic carbocycles. The van der Waals surface area contributed by atoms with E-state index >= 15 is 0 Å². The van der Waals surface area contributed by atoms with Crippen LogP contribution in [-0.2, 0) is 0 Å². The fraction of sp³-hybridized carbons (Fsp3) is 0.421. The predicted molar refractivity (Wildman–Crippen MR) is 100 cm³/mol. The molecule has 0 bridgehead atoms. The summed E-state index contributed by atoms with van der Waals surface area (Å²) in [6.45, 7) is 7.94. The molecule has 6 nitrogen and oxygen atoms in total. The lowest BCUT2D eigenvalue weighted by molar-refractivity contribution is 0.0943. The van der Waals surface area contributed by atoms with E-state index in [-0.39, 0.29) is 11.7 Å². The zero-order chi connectivity index (χ0) is 18.5. The van der Waals surface area contributed by atoms with Crippen molar-refractivity contribution in [1.82, 2.24) is 15.3 Å². The van der Waals surface area contributed by atoms with Crippen LogP contribution in [0, 0.1) is 11.7 Å². The second-order valence-electron chi connectivity index (χ2n) is 6.81. The normalized spacial score (nSPS) is 14.6.